The first-order valence-electron chi connectivity index (χ1n) is 4.55. The maximum absolute atomic E-state index is 12.1. The number of halogens is 4. The van der Waals surface area contributed by atoms with Crippen LogP contribution in [0, 0.1) is 6.92 Å². The molecule has 0 amide bonds. The number of nitrogens with zero attached hydrogens (tertiary/aromatic N) is 4. The third kappa shape index (κ3) is 2.41. The van der Waals surface area contributed by atoms with E-state index < -0.39 is 12.7 Å². The van der Waals surface area contributed by atoms with E-state index in [1.165, 1.54) is 10.8 Å². The predicted octanol–water partition coefficient (Wildman–Crippen LogP) is 2.06. The van der Waals surface area contributed by atoms with Crippen LogP contribution in [0.3, 0.4) is 0 Å². The summed E-state index contributed by atoms with van der Waals surface area (Å²) in [7, 11) is 0. The third-order valence-corrected chi connectivity index (χ3v) is 2.43. The highest BCUT2D eigenvalue weighted by Crippen LogP contribution is 2.23. The van der Waals surface area contributed by atoms with Crippen molar-refractivity contribution >= 4 is 23.2 Å². The number of nitrogens with one attached hydrogen (secondary N) is 1. The predicted molar refractivity (Wildman–Crippen MR) is 55.1 cm³/mol. The minimum atomic E-state index is -4.32. The first-order valence-corrected chi connectivity index (χ1v) is 4.93. The molecule has 1 N–H and O–H groups in total. The van der Waals surface area contributed by atoms with E-state index in [-0.39, 0.29) is 16.7 Å². The molecule has 0 fully saturated rings. The average Bonchev–Trinajstić information content (AvgIpc) is 2.64. The fourth-order valence-corrected chi connectivity index (χ4v) is 1.45. The van der Waals surface area contributed by atoms with Crippen molar-refractivity contribution in [2.45, 2.75) is 13.1 Å². The second-order valence-corrected chi connectivity index (χ2v) is 3.67. The number of aromatic nitrogens is 4. The molecule has 0 bridgehead atoms. The summed E-state index contributed by atoms with van der Waals surface area (Å²) in [6, 6.07) is 0. The van der Waals surface area contributed by atoms with Crippen LogP contribution in [0.15, 0.2) is 6.33 Å². The van der Waals surface area contributed by atoms with Crippen molar-refractivity contribution in [3.63, 3.8) is 0 Å². The Kier molecular flexibility index (Phi) is 2.82. The average molecular weight is 266 g/mol. The fraction of sp³-hybridized carbons (Fsp3) is 0.375. The zero-order valence-electron chi connectivity index (χ0n) is 8.59. The van der Waals surface area contributed by atoms with E-state index >= 15 is 0 Å². The van der Waals surface area contributed by atoms with Gasteiger partial charge in [-0.2, -0.15) is 32.8 Å². The van der Waals surface area contributed by atoms with Gasteiger partial charge >= 0.3 is 6.18 Å². The Hall–Kier alpha value is -1.57. The van der Waals surface area contributed by atoms with Gasteiger partial charge in [0.05, 0.1) is 0 Å². The SMILES string of the molecule is Cc1c(Cl)nc2ncnn2c1NCC(F)(F)F. The van der Waals surface area contributed by atoms with Gasteiger partial charge < -0.3 is 5.32 Å². The molecule has 0 saturated heterocycles. The number of alkyl halides is 3. The van der Waals surface area contributed by atoms with Gasteiger partial charge in [-0.15, -0.1) is 0 Å². The first kappa shape index (κ1) is 11.9. The monoisotopic (exact) mass is 265 g/mol. The van der Waals surface area contributed by atoms with Crippen molar-refractivity contribution in [3.05, 3.63) is 17.0 Å². The summed E-state index contributed by atoms with van der Waals surface area (Å²) in [5.74, 6) is 0.278. The van der Waals surface area contributed by atoms with Crippen molar-refractivity contribution in [1.82, 2.24) is 19.6 Å². The maximum Gasteiger partial charge on any atom is 0.405 e. The second kappa shape index (κ2) is 4.02. The third-order valence-electron chi connectivity index (χ3n) is 2.06. The number of hydrogen-bond acceptors (Lipinski definition) is 4. The highest BCUT2D eigenvalue weighted by molar-refractivity contribution is 6.30. The van der Waals surface area contributed by atoms with Crippen LogP contribution < -0.4 is 5.32 Å². The van der Waals surface area contributed by atoms with Gasteiger partial charge in [-0.3, -0.25) is 0 Å². The Morgan fingerprint density at radius 2 is 2.18 bits per heavy atom. The molecular weight excluding hydrogens is 259 g/mol. The highest BCUT2D eigenvalue weighted by Gasteiger charge is 2.27. The topological polar surface area (TPSA) is 55.1 Å². The first-order chi connectivity index (χ1) is 7.88. The van der Waals surface area contributed by atoms with E-state index in [9.17, 15) is 13.2 Å². The second-order valence-electron chi connectivity index (χ2n) is 3.32. The molecule has 2 aromatic heterocycles. The Morgan fingerprint density at radius 1 is 1.47 bits per heavy atom. The number of fused-ring (bicyclic) bond motifs is 1. The van der Waals surface area contributed by atoms with Gasteiger partial charge in [-0.1, -0.05) is 11.6 Å². The Morgan fingerprint density at radius 3 is 2.82 bits per heavy atom. The minimum absolute atomic E-state index is 0.0928. The van der Waals surface area contributed by atoms with E-state index in [2.05, 4.69) is 20.4 Å². The van der Waals surface area contributed by atoms with Gasteiger partial charge in [0.25, 0.3) is 5.78 Å². The van der Waals surface area contributed by atoms with Gasteiger partial charge in [-0.25, -0.2) is 0 Å². The summed E-state index contributed by atoms with van der Waals surface area (Å²) in [5.41, 5.74) is 0.383. The van der Waals surface area contributed by atoms with E-state index in [1.54, 1.807) is 6.92 Å². The van der Waals surface area contributed by atoms with Crippen LogP contribution in [-0.2, 0) is 0 Å². The molecule has 92 valence electrons. The summed E-state index contributed by atoms with van der Waals surface area (Å²) >= 11 is 5.79. The Balaban J connectivity index is 2.44. The molecular formula is C8H7ClF3N5. The van der Waals surface area contributed by atoms with E-state index in [1.807, 2.05) is 0 Å². The van der Waals surface area contributed by atoms with Crippen molar-refractivity contribution in [1.29, 1.82) is 0 Å². The summed E-state index contributed by atoms with van der Waals surface area (Å²) in [5, 5.41) is 6.10. The molecule has 0 unspecified atom stereocenters. The molecule has 9 heteroatoms. The largest absolute Gasteiger partial charge is 0.405 e. The van der Waals surface area contributed by atoms with Gasteiger partial charge in [-0.05, 0) is 6.92 Å². The van der Waals surface area contributed by atoms with Gasteiger partial charge in [0, 0.05) is 5.56 Å². The van der Waals surface area contributed by atoms with Crippen molar-refractivity contribution in [3.8, 4) is 0 Å². The van der Waals surface area contributed by atoms with E-state index in [4.69, 9.17) is 11.6 Å². The van der Waals surface area contributed by atoms with Crippen molar-refractivity contribution < 1.29 is 13.2 Å². The zero-order chi connectivity index (χ0) is 12.6. The Labute approximate surface area is 98.6 Å². The van der Waals surface area contributed by atoms with Crippen LogP contribution in [0.5, 0.6) is 0 Å². The molecule has 2 aromatic rings. The lowest BCUT2D eigenvalue weighted by Crippen LogP contribution is -2.23. The van der Waals surface area contributed by atoms with Crippen LogP contribution in [0.1, 0.15) is 5.56 Å². The molecule has 0 aliphatic carbocycles. The summed E-state index contributed by atoms with van der Waals surface area (Å²) in [4.78, 5) is 7.63. The molecule has 0 spiro atoms. The van der Waals surface area contributed by atoms with E-state index in [0.29, 0.717) is 5.56 Å². The Bertz CT molecular complexity index is 550. The molecule has 2 rings (SSSR count). The molecule has 17 heavy (non-hydrogen) atoms. The molecule has 2 heterocycles. The van der Waals surface area contributed by atoms with Crippen molar-refractivity contribution in [2.75, 3.05) is 11.9 Å². The number of anilines is 1. The highest BCUT2D eigenvalue weighted by atomic mass is 35.5. The number of rotatable bonds is 2. The molecule has 0 aliphatic heterocycles. The zero-order valence-corrected chi connectivity index (χ0v) is 9.34. The lowest BCUT2D eigenvalue weighted by atomic mass is 10.3. The molecule has 0 radical (unpaired) electrons. The van der Waals surface area contributed by atoms with Crippen LogP contribution in [0.25, 0.3) is 5.78 Å². The quantitative estimate of drug-likeness (QED) is 0.845. The summed E-state index contributed by atoms with van der Waals surface area (Å²) < 4.78 is 37.6. The fourth-order valence-electron chi connectivity index (χ4n) is 1.29. The lowest BCUT2D eigenvalue weighted by Gasteiger charge is -2.13. The summed E-state index contributed by atoms with van der Waals surface area (Å²) in [6.45, 7) is 0.373. The molecule has 0 saturated carbocycles. The molecule has 5 nitrogen and oxygen atoms in total. The maximum atomic E-state index is 12.1. The van der Waals surface area contributed by atoms with Crippen LogP contribution in [0.2, 0.25) is 5.15 Å². The molecule has 0 atom stereocenters. The van der Waals surface area contributed by atoms with Crippen LogP contribution in [-0.4, -0.2) is 32.3 Å². The normalized spacial score (nSPS) is 12.1. The minimum Gasteiger partial charge on any atom is -0.361 e. The number of hydrogen-bond donors (Lipinski definition) is 1. The standard InChI is InChI=1S/C8H7ClF3N5/c1-4-5(9)16-7-14-3-15-17(7)6(4)13-2-8(10,11)12/h3,13H,2H2,1H3. The molecule has 0 aliphatic rings. The van der Waals surface area contributed by atoms with Gasteiger partial charge in [0.1, 0.15) is 23.8 Å². The smallest absolute Gasteiger partial charge is 0.361 e. The van der Waals surface area contributed by atoms with Crippen LogP contribution >= 0.6 is 11.6 Å². The van der Waals surface area contributed by atoms with E-state index in [0.717, 1.165) is 0 Å². The van der Waals surface area contributed by atoms with Gasteiger partial charge in [0.2, 0.25) is 0 Å². The van der Waals surface area contributed by atoms with Gasteiger partial charge in [0.15, 0.2) is 0 Å². The van der Waals surface area contributed by atoms with Crippen LogP contribution in [0.4, 0.5) is 19.0 Å². The lowest BCUT2D eigenvalue weighted by molar-refractivity contribution is -0.115. The van der Waals surface area contributed by atoms with Crippen molar-refractivity contribution in [2.24, 2.45) is 0 Å². The summed E-state index contributed by atoms with van der Waals surface area (Å²) in [6.07, 6.45) is -3.13. The molecule has 0 aromatic carbocycles.